The molecule has 0 aliphatic carbocycles. The first-order chi connectivity index (χ1) is 15.7. The standard InChI is InChI=1S/C24H50N4O5/c1-6-22(30)18-26-10-7-9-25(17-21(4)29)15-16-28(24(32)33-5)12-8-11-27(14-13-26)19-23(31)20(2)3/h20-23,29-31H,6-19H2,1-5H3. The number of β-amino-alcohol motifs (C(OH)–C–C–N with tert-alkyl or cyclic N) is 3. The van der Waals surface area contributed by atoms with Gasteiger partial charge in [0.15, 0.2) is 0 Å². The summed E-state index contributed by atoms with van der Waals surface area (Å²) in [5, 5.41) is 30.6. The highest BCUT2D eigenvalue weighted by Crippen LogP contribution is 2.09. The van der Waals surface area contributed by atoms with Crippen molar-refractivity contribution in [3.63, 3.8) is 0 Å². The van der Waals surface area contributed by atoms with Gasteiger partial charge in [-0.05, 0) is 51.7 Å². The fraction of sp³-hybridized carbons (Fsp3) is 0.958. The molecule has 0 aromatic rings. The van der Waals surface area contributed by atoms with Crippen LogP contribution in [-0.2, 0) is 4.74 Å². The van der Waals surface area contributed by atoms with Crippen LogP contribution in [0.2, 0.25) is 0 Å². The average molecular weight is 475 g/mol. The van der Waals surface area contributed by atoms with Crippen LogP contribution in [0.4, 0.5) is 4.79 Å². The molecule has 33 heavy (non-hydrogen) atoms. The number of hydrogen-bond donors (Lipinski definition) is 3. The quantitative estimate of drug-likeness (QED) is 0.478. The van der Waals surface area contributed by atoms with Crippen LogP contribution < -0.4 is 0 Å². The van der Waals surface area contributed by atoms with Crippen molar-refractivity contribution in [3.05, 3.63) is 0 Å². The van der Waals surface area contributed by atoms with Crippen LogP contribution in [0.5, 0.6) is 0 Å². The molecule has 9 heteroatoms. The third kappa shape index (κ3) is 12.9. The molecular weight excluding hydrogens is 424 g/mol. The molecule has 9 nitrogen and oxygen atoms in total. The van der Waals surface area contributed by atoms with E-state index in [2.05, 4.69) is 14.7 Å². The first-order valence-corrected chi connectivity index (χ1v) is 12.7. The number of nitrogens with zero attached hydrogens (tertiary/aromatic N) is 4. The van der Waals surface area contributed by atoms with Crippen molar-refractivity contribution in [2.24, 2.45) is 5.92 Å². The number of hydrogen-bond acceptors (Lipinski definition) is 8. The molecule has 3 N–H and O–H groups in total. The number of ether oxygens (including phenoxy) is 1. The van der Waals surface area contributed by atoms with Gasteiger partial charge in [0.1, 0.15) is 0 Å². The fourth-order valence-corrected chi connectivity index (χ4v) is 4.13. The third-order valence-corrected chi connectivity index (χ3v) is 6.38. The smallest absolute Gasteiger partial charge is 0.409 e. The zero-order valence-electron chi connectivity index (χ0n) is 21.7. The number of methoxy groups -OCH3 is 1. The van der Waals surface area contributed by atoms with Crippen LogP contribution in [0.15, 0.2) is 0 Å². The van der Waals surface area contributed by atoms with E-state index < -0.39 is 12.2 Å². The van der Waals surface area contributed by atoms with Gasteiger partial charge in [-0.15, -0.1) is 0 Å². The maximum atomic E-state index is 12.3. The van der Waals surface area contributed by atoms with Gasteiger partial charge in [-0.25, -0.2) is 4.79 Å². The Hall–Kier alpha value is -0.970. The lowest BCUT2D eigenvalue weighted by Gasteiger charge is -2.33. The Labute approximate surface area is 201 Å². The van der Waals surface area contributed by atoms with E-state index in [1.54, 1.807) is 11.8 Å². The highest BCUT2D eigenvalue weighted by atomic mass is 16.5. The van der Waals surface area contributed by atoms with Gasteiger partial charge in [0.2, 0.25) is 0 Å². The molecule has 1 saturated heterocycles. The molecule has 1 fully saturated rings. The minimum atomic E-state index is -0.436. The van der Waals surface area contributed by atoms with Crippen molar-refractivity contribution in [2.45, 2.75) is 65.3 Å². The largest absolute Gasteiger partial charge is 0.453 e. The topological polar surface area (TPSA) is 100.0 Å². The Kier molecular flexibility index (Phi) is 15.1. The van der Waals surface area contributed by atoms with Crippen LogP contribution in [0, 0.1) is 5.92 Å². The Morgan fingerprint density at radius 2 is 1.30 bits per heavy atom. The van der Waals surface area contributed by atoms with Crippen molar-refractivity contribution in [3.8, 4) is 0 Å². The van der Waals surface area contributed by atoms with Gasteiger partial charge < -0.3 is 25.0 Å². The van der Waals surface area contributed by atoms with E-state index in [1.807, 2.05) is 20.8 Å². The van der Waals surface area contributed by atoms with Crippen molar-refractivity contribution >= 4 is 6.09 Å². The molecule has 0 radical (unpaired) electrons. The second-order valence-electron chi connectivity index (χ2n) is 9.79. The van der Waals surface area contributed by atoms with Crippen molar-refractivity contribution in [1.82, 2.24) is 19.6 Å². The lowest BCUT2D eigenvalue weighted by atomic mass is 10.1. The zero-order valence-corrected chi connectivity index (χ0v) is 21.7. The van der Waals surface area contributed by atoms with Gasteiger partial charge in [-0.1, -0.05) is 20.8 Å². The maximum absolute atomic E-state index is 12.3. The highest BCUT2D eigenvalue weighted by molar-refractivity contribution is 5.67. The fourth-order valence-electron chi connectivity index (χ4n) is 4.13. The zero-order chi connectivity index (χ0) is 24.8. The summed E-state index contributed by atoms with van der Waals surface area (Å²) >= 11 is 0. The predicted molar refractivity (Wildman–Crippen MR) is 131 cm³/mol. The highest BCUT2D eigenvalue weighted by Gasteiger charge is 2.21. The Bertz CT molecular complexity index is 523. The third-order valence-electron chi connectivity index (χ3n) is 6.38. The normalized spacial score (nSPS) is 22.0. The SMILES string of the molecule is CCC(O)CN1CCCN(CC(C)O)CCN(C(=O)OC)CCCN(CC(O)C(C)C)CC1. The van der Waals surface area contributed by atoms with Crippen LogP contribution in [0.25, 0.3) is 0 Å². The minimum absolute atomic E-state index is 0.183. The Balaban J connectivity index is 2.94. The van der Waals surface area contributed by atoms with E-state index in [9.17, 15) is 20.1 Å². The monoisotopic (exact) mass is 474 g/mol. The molecule has 0 spiro atoms. The number of rotatable bonds is 8. The molecular formula is C24H50N4O5. The van der Waals surface area contributed by atoms with Gasteiger partial charge in [0.05, 0.1) is 25.4 Å². The summed E-state index contributed by atoms with van der Waals surface area (Å²) in [5.74, 6) is 0.183. The molecule has 196 valence electrons. The van der Waals surface area contributed by atoms with E-state index in [0.29, 0.717) is 39.3 Å². The second-order valence-corrected chi connectivity index (χ2v) is 9.79. The van der Waals surface area contributed by atoms with E-state index in [1.165, 1.54) is 7.11 Å². The first-order valence-electron chi connectivity index (χ1n) is 12.7. The van der Waals surface area contributed by atoms with E-state index >= 15 is 0 Å². The molecule has 3 unspecified atom stereocenters. The molecule has 0 bridgehead atoms. The van der Waals surface area contributed by atoms with Crippen molar-refractivity contribution in [2.75, 3.05) is 79.1 Å². The molecule has 3 atom stereocenters. The molecule has 1 heterocycles. The predicted octanol–water partition coefficient (Wildman–Crippen LogP) is 0.923. The van der Waals surface area contributed by atoms with Crippen LogP contribution in [0.3, 0.4) is 0 Å². The van der Waals surface area contributed by atoms with E-state index in [0.717, 1.165) is 52.0 Å². The molecule has 1 amide bonds. The number of amides is 1. The molecule has 1 aliphatic rings. The summed E-state index contributed by atoms with van der Waals surface area (Å²) in [6.07, 6.45) is 0.917. The maximum Gasteiger partial charge on any atom is 0.409 e. The van der Waals surface area contributed by atoms with Gasteiger partial charge >= 0.3 is 6.09 Å². The summed E-state index contributed by atoms with van der Waals surface area (Å²) < 4.78 is 4.99. The summed E-state index contributed by atoms with van der Waals surface area (Å²) in [6, 6.07) is 0. The molecule has 0 aromatic carbocycles. The summed E-state index contributed by atoms with van der Waals surface area (Å²) in [4.78, 5) is 20.8. The van der Waals surface area contributed by atoms with Crippen molar-refractivity contribution in [1.29, 1.82) is 0 Å². The number of carbonyl (C=O) groups excluding carboxylic acids is 1. The van der Waals surface area contributed by atoms with Crippen LogP contribution in [0.1, 0.15) is 47.0 Å². The van der Waals surface area contributed by atoms with Gasteiger partial charge in [-0.3, -0.25) is 14.7 Å². The summed E-state index contributed by atoms with van der Waals surface area (Å²) in [7, 11) is 1.41. The van der Waals surface area contributed by atoms with Crippen LogP contribution >= 0.6 is 0 Å². The van der Waals surface area contributed by atoms with E-state index in [4.69, 9.17) is 4.74 Å². The summed E-state index contributed by atoms with van der Waals surface area (Å²) in [5.41, 5.74) is 0. The van der Waals surface area contributed by atoms with Gasteiger partial charge in [0.25, 0.3) is 0 Å². The summed E-state index contributed by atoms with van der Waals surface area (Å²) in [6.45, 7) is 15.5. The lowest BCUT2D eigenvalue weighted by Crippen LogP contribution is -2.46. The Morgan fingerprint density at radius 1 is 0.788 bits per heavy atom. The minimum Gasteiger partial charge on any atom is -0.453 e. The first kappa shape index (κ1) is 30.1. The van der Waals surface area contributed by atoms with E-state index in [-0.39, 0.29) is 18.1 Å². The number of aliphatic hydroxyl groups is 3. The lowest BCUT2D eigenvalue weighted by molar-refractivity contribution is 0.0573. The second kappa shape index (κ2) is 16.6. The molecule has 0 aromatic heterocycles. The number of carbonyl (C=O) groups is 1. The Morgan fingerprint density at radius 3 is 1.82 bits per heavy atom. The number of aliphatic hydroxyl groups excluding tert-OH is 3. The van der Waals surface area contributed by atoms with Crippen molar-refractivity contribution < 1.29 is 24.9 Å². The van der Waals surface area contributed by atoms with Gasteiger partial charge in [0, 0.05) is 52.4 Å². The molecule has 1 aliphatic heterocycles. The molecule has 1 rings (SSSR count). The van der Waals surface area contributed by atoms with Crippen LogP contribution in [-0.4, -0.2) is 138 Å². The molecule has 0 saturated carbocycles. The average Bonchev–Trinajstić information content (AvgIpc) is 2.76. The van der Waals surface area contributed by atoms with Gasteiger partial charge in [-0.2, -0.15) is 0 Å².